The molecule has 1 aliphatic carbocycles. The van der Waals surface area contributed by atoms with Gasteiger partial charge in [-0.1, -0.05) is 6.08 Å². The number of hydrogen-bond acceptors (Lipinski definition) is 2. The molecule has 1 unspecified atom stereocenters. The molecule has 1 atom stereocenters. The third-order valence-corrected chi connectivity index (χ3v) is 2.89. The molecule has 2 aliphatic rings. The van der Waals surface area contributed by atoms with E-state index in [0.717, 1.165) is 18.8 Å². The van der Waals surface area contributed by atoms with Crippen LogP contribution in [0.15, 0.2) is 23.9 Å². The molecule has 0 amide bonds. The molecule has 0 saturated carbocycles. The van der Waals surface area contributed by atoms with Gasteiger partial charge in [0.25, 0.3) is 0 Å². The minimum atomic E-state index is -0.224. The number of rotatable bonds is 2. The lowest BCUT2D eigenvalue weighted by Gasteiger charge is -2.26. The second kappa shape index (κ2) is 4.43. The summed E-state index contributed by atoms with van der Waals surface area (Å²) in [6.45, 7) is 2.14. The number of allylic oxidation sites excluding steroid dienone is 2. The van der Waals surface area contributed by atoms with Crippen LogP contribution in [0.2, 0.25) is 0 Å². The Balaban J connectivity index is 2.25. The summed E-state index contributed by atoms with van der Waals surface area (Å²) >= 11 is 0. The van der Waals surface area contributed by atoms with E-state index in [-0.39, 0.29) is 6.10 Å². The molecule has 0 N–H and O–H groups in total. The first-order valence-electron chi connectivity index (χ1n) is 5.24. The summed E-state index contributed by atoms with van der Waals surface area (Å²) in [7, 11) is 1.64. The predicted molar refractivity (Wildman–Crippen MR) is 57.5 cm³/mol. The van der Waals surface area contributed by atoms with Crippen molar-refractivity contribution in [3.8, 4) is 0 Å². The lowest BCUT2D eigenvalue weighted by molar-refractivity contribution is -0.0215. The Kier molecular flexibility index (Phi) is 2.99. The lowest BCUT2D eigenvalue weighted by atomic mass is 10.0. The molecule has 1 saturated heterocycles. The second-order valence-electron chi connectivity index (χ2n) is 3.79. The Labute approximate surface area is 89.5 Å². The molecule has 0 aromatic heterocycles. The van der Waals surface area contributed by atoms with Crippen molar-refractivity contribution in [2.24, 2.45) is 0 Å². The first-order chi connectivity index (χ1) is 7.36. The average molecular weight is 205 g/mol. The predicted octanol–water partition coefficient (Wildman–Crippen LogP) is 1.22. The van der Waals surface area contributed by atoms with E-state index in [2.05, 4.69) is 9.69 Å². The molecule has 4 heteroatoms. The van der Waals surface area contributed by atoms with Gasteiger partial charge in [-0.25, -0.2) is 0 Å². The molecule has 1 aliphatic heterocycles. The van der Waals surface area contributed by atoms with Crippen LogP contribution < -0.4 is 0 Å². The fraction of sp³-hybridized carbons (Fsp3) is 0.545. The number of nitrogens with zero attached hydrogens (tertiary/aromatic N) is 3. The quantitative estimate of drug-likeness (QED) is 0.502. The molecule has 0 aromatic carbocycles. The largest absolute Gasteiger partial charge is 0.372 e. The minimum absolute atomic E-state index is 0.224. The molecule has 1 fully saturated rings. The Morgan fingerprint density at radius 3 is 2.80 bits per heavy atom. The Bertz CT molecular complexity index is 347. The van der Waals surface area contributed by atoms with Gasteiger partial charge in [0.1, 0.15) is 0 Å². The van der Waals surface area contributed by atoms with Crippen LogP contribution in [0.4, 0.5) is 0 Å². The van der Waals surface area contributed by atoms with Gasteiger partial charge >= 0.3 is 5.71 Å². The molecular weight excluding hydrogens is 190 g/mol. The summed E-state index contributed by atoms with van der Waals surface area (Å²) < 4.78 is 5.37. The third-order valence-electron chi connectivity index (χ3n) is 2.89. The minimum Gasteiger partial charge on any atom is -0.372 e. The van der Waals surface area contributed by atoms with Crippen molar-refractivity contribution in [3.05, 3.63) is 29.5 Å². The summed E-state index contributed by atoms with van der Waals surface area (Å²) in [5, 5.41) is 0. The van der Waals surface area contributed by atoms with E-state index in [0.29, 0.717) is 5.71 Å². The topological polar surface area (TPSA) is 48.9 Å². The van der Waals surface area contributed by atoms with E-state index >= 15 is 0 Å². The van der Waals surface area contributed by atoms with Crippen LogP contribution in [-0.2, 0) is 4.74 Å². The summed E-state index contributed by atoms with van der Waals surface area (Å²) in [6.07, 6.45) is 7.94. The number of hydrogen-bond donors (Lipinski definition) is 0. The van der Waals surface area contributed by atoms with E-state index in [9.17, 15) is 0 Å². The highest BCUT2D eigenvalue weighted by atomic mass is 16.5. The summed E-state index contributed by atoms with van der Waals surface area (Å²) in [6, 6.07) is 0. The summed E-state index contributed by atoms with van der Waals surface area (Å²) in [5.41, 5.74) is 10.5. The van der Waals surface area contributed by atoms with E-state index in [1.54, 1.807) is 13.2 Å². The van der Waals surface area contributed by atoms with Crippen molar-refractivity contribution >= 4 is 5.71 Å². The zero-order valence-electron chi connectivity index (χ0n) is 8.89. The van der Waals surface area contributed by atoms with E-state index in [1.807, 2.05) is 12.2 Å². The van der Waals surface area contributed by atoms with Gasteiger partial charge in [0.05, 0.1) is 5.70 Å². The molecule has 4 nitrogen and oxygen atoms in total. The van der Waals surface area contributed by atoms with Gasteiger partial charge in [-0.2, -0.15) is 4.79 Å². The second-order valence-corrected chi connectivity index (χ2v) is 3.79. The lowest BCUT2D eigenvalue weighted by Crippen LogP contribution is -2.35. The van der Waals surface area contributed by atoms with Gasteiger partial charge in [-0.3, -0.25) is 0 Å². The molecule has 0 aromatic rings. The first kappa shape index (κ1) is 10.1. The molecule has 0 spiro atoms. The zero-order chi connectivity index (χ0) is 10.7. The van der Waals surface area contributed by atoms with Crippen LogP contribution in [0, 0.1) is 0 Å². The van der Waals surface area contributed by atoms with Crippen LogP contribution in [0.3, 0.4) is 0 Å². The molecule has 0 bridgehead atoms. The van der Waals surface area contributed by atoms with Crippen molar-refractivity contribution in [2.75, 3.05) is 20.2 Å². The average Bonchev–Trinajstić information content (AvgIpc) is 2.81. The molecule has 15 heavy (non-hydrogen) atoms. The molecule has 0 radical (unpaired) electrons. The molecule has 1 heterocycles. The number of likely N-dealkylation sites (tertiary alicyclic amines) is 1. The number of methoxy groups -OCH3 is 1. The summed E-state index contributed by atoms with van der Waals surface area (Å²) in [5.74, 6) is 0. The van der Waals surface area contributed by atoms with Gasteiger partial charge in [0.2, 0.25) is 0 Å². The molecular formula is C11H15N3O. The van der Waals surface area contributed by atoms with E-state index in [4.69, 9.17) is 10.3 Å². The van der Waals surface area contributed by atoms with Crippen LogP contribution in [0.5, 0.6) is 0 Å². The maximum absolute atomic E-state index is 8.86. The van der Waals surface area contributed by atoms with Crippen LogP contribution in [0.25, 0.3) is 5.53 Å². The van der Waals surface area contributed by atoms with Crippen LogP contribution >= 0.6 is 0 Å². The SMILES string of the molecule is COC1C(N2CCCC2)=CC=CC1=[N+]=[N-]. The fourth-order valence-corrected chi connectivity index (χ4v) is 2.15. The highest BCUT2D eigenvalue weighted by molar-refractivity contribution is 5.97. The Morgan fingerprint density at radius 2 is 2.20 bits per heavy atom. The normalized spacial score (nSPS) is 25.4. The van der Waals surface area contributed by atoms with E-state index < -0.39 is 0 Å². The highest BCUT2D eigenvalue weighted by Crippen LogP contribution is 2.22. The third kappa shape index (κ3) is 1.87. The van der Waals surface area contributed by atoms with E-state index in [1.165, 1.54) is 12.8 Å². The van der Waals surface area contributed by atoms with Crippen LogP contribution in [0.1, 0.15) is 12.8 Å². The van der Waals surface area contributed by atoms with Crippen molar-refractivity contribution < 1.29 is 9.53 Å². The Hall–Kier alpha value is -1.38. The standard InChI is InChI=1S/C11H15N3O/c1-15-11-9(13-12)5-4-6-10(11)14-7-2-3-8-14/h4-6,11H,2-3,7-8H2,1H3. The number of ether oxygens (including phenoxy) is 1. The fourth-order valence-electron chi connectivity index (χ4n) is 2.15. The maximum atomic E-state index is 8.86. The Morgan fingerprint density at radius 1 is 1.47 bits per heavy atom. The van der Waals surface area contributed by atoms with Crippen LogP contribution in [-0.4, -0.2) is 41.7 Å². The zero-order valence-corrected chi connectivity index (χ0v) is 8.89. The smallest absolute Gasteiger partial charge is 0.326 e. The van der Waals surface area contributed by atoms with Crippen molar-refractivity contribution in [1.29, 1.82) is 0 Å². The van der Waals surface area contributed by atoms with Crippen molar-refractivity contribution in [2.45, 2.75) is 18.9 Å². The van der Waals surface area contributed by atoms with Gasteiger partial charge in [-0.15, -0.1) is 0 Å². The first-order valence-corrected chi connectivity index (χ1v) is 5.24. The van der Waals surface area contributed by atoms with Gasteiger partial charge < -0.3 is 15.2 Å². The molecule has 80 valence electrons. The maximum Gasteiger partial charge on any atom is 0.326 e. The van der Waals surface area contributed by atoms with Crippen molar-refractivity contribution in [1.82, 2.24) is 4.90 Å². The monoisotopic (exact) mass is 205 g/mol. The van der Waals surface area contributed by atoms with Crippen molar-refractivity contribution in [3.63, 3.8) is 0 Å². The van der Waals surface area contributed by atoms with Gasteiger partial charge in [-0.05, 0) is 18.9 Å². The van der Waals surface area contributed by atoms with Gasteiger partial charge in [0, 0.05) is 26.3 Å². The summed E-state index contributed by atoms with van der Waals surface area (Å²) in [4.78, 5) is 5.55. The van der Waals surface area contributed by atoms with Gasteiger partial charge in [0.15, 0.2) is 6.10 Å². The highest BCUT2D eigenvalue weighted by Gasteiger charge is 2.31. The molecule has 2 rings (SSSR count).